The van der Waals surface area contributed by atoms with Crippen molar-refractivity contribution in [3.8, 4) is 5.75 Å². The molecule has 0 aromatic heterocycles. The Kier molecular flexibility index (Phi) is 5.86. The van der Waals surface area contributed by atoms with Crippen molar-refractivity contribution in [2.45, 2.75) is 19.8 Å². The van der Waals surface area contributed by atoms with E-state index in [1.165, 1.54) is 4.90 Å². The van der Waals surface area contributed by atoms with E-state index in [1.807, 2.05) is 12.1 Å². The van der Waals surface area contributed by atoms with Crippen LogP contribution in [0.1, 0.15) is 19.8 Å². The van der Waals surface area contributed by atoms with Crippen molar-refractivity contribution >= 4 is 23.2 Å². The maximum Gasteiger partial charge on any atom is 0.418 e. The van der Waals surface area contributed by atoms with Crippen LogP contribution < -0.4 is 15.4 Å². The number of nitrogens with zero attached hydrogens (tertiary/aromatic N) is 1. The van der Waals surface area contributed by atoms with E-state index in [2.05, 4.69) is 6.92 Å². The van der Waals surface area contributed by atoms with E-state index in [9.17, 15) is 4.79 Å². The summed E-state index contributed by atoms with van der Waals surface area (Å²) in [4.78, 5) is 14.0. The maximum absolute atomic E-state index is 12.5. The lowest BCUT2D eigenvalue weighted by atomic mass is 10.2. The third kappa shape index (κ3) is 4.39. The summed E-state index contributed by atoms with van der Waals surface area (Å²) >= 11 is 0. The summed E-state index contributed by atoms with van der Waals surface area (Å²) in [5.41, 5.74) is 7.77. The molecule has 2 aromatic carbocycles. The van der Waals surface area contributed by atoms with Gasteiger partial charge in [0, 0.05) is 5.69 Å². The number of anilines is 3. The number of nitrogens with two attached hydrogens (primary N) is 1. The number of rotatable bonds is 6. The standard InChI is InChI=1S/C18H22N2O3/c1-3-4-13-23-18(21)20(15-7-5-14(19)6-8-15)16-9-11-17(22-2)12-10-16/h5-12H,3-4,13,19H2,1-2H3. The SMILES string of the molecule is CCCCOC(=O)N(c1ccc(N)cc1)c1ccc(OC)cc1. The Labute approximate surface area is 136 Å². The van der Waals surface area contributed by atoms with E-state index in [1.54, 1.807) is 43.5 Å². The van der Waals surface area contributed by atoms with Crippen LogP contribution in [0, 0.1) is 0 Å². The number of ether oxygens (including phenoxy) is 2. The highest BCUT2D eigenvalue weighted by Gasteiger charge is 2.19. The molecule has 5 heteroatoms. The Balaban J connectivity index is 2.29. The first kappa shape index (κ1) is 16.7. The van der Waals surface area contributed by atoms with Crippen LogP contribution in [0.2, 0.25) is 0 Å². The zero-order chi connectivity index (χ0) is 16.7. The predicted molar refractivity (Wildman–Crippen MR) is 92.2 cm³/mol. The molecule has 2 N–H and O–H groups in total. The van der Waals surface area contributed by atoms with Crippen LogP contribution in [0.4, 0.5) is 21.9 Å². The summed E-state index contributed by atoms with van der Waals surface area (Å²) in [7, 11) is 1.60. The number of carbonyl (C=O) groups excluding carboxylic acids is 1. The smallest absolute Gasteiger partial charge is 0.418 e. The van der Waals surface area contributed by atoms with Crippen LogP contribution in [0.15, 0.2) is 48.5 Å². The molecule has 0 heterocycles. The molecule has 0 unspecified atom stereocenters. The molecule has 23 heavy (non-hydrogen) atoms. The quantitative estimate of drug-likeness (QED) is 0.636. The van der Waals surface area contributed by atoms with Crippen LogP contribution in [0.3, 0.4) is 0 Å². The fourth-order valence-electron chi connectivity index (χ4n) is 2.08. The van der Waals surface area contributed by atoms with Crippen molar-refractivity contribution in [1.29, 1.82) is 0 Å². The minimum Gasteiger partial charge on any atom is -0.497 e. The van der Waals surface area contributed by atoms with Crippen LogP contribution in [-0.2, 0) is 4.74 Å². The van der Waals surface area contributed by atoms with E-state index in [4.69, 9.17) is 15.2 Å². The second-order valence-electron chi connectivity index (χ2n) is 5.09. The normalized spacial score (nSPS) is 10.2. The van der Waals surface area contributed by atoms with Crippen LogP contribution >= 0.6 is 0 Å². The molecule has 0 fully saturated rings. The lowest BCUT2D eigenvalue weighted by Gasteiger charge is -2.22. The Morgan fingerprint density at radius 1 is 1.04 bits per heavy atom. The van der Waals surface area contributed by atoms with E-state index < -0.39 is 6.09 Å². The van der Waals surface area contributed by atoms with Gasteiger partial charge in [-0.25, -0.2) is 9.69 Å². The van der Waals surface area contributed by atoms with Gasteiger partial charge in [-0.05, 0) is 55.0 Å². The number of benzene rings is 2. The van der Waals surface area contributed by atoms with Gasteiger partial charge in [-0.15, -0.1) is 0 Å². The fraction of sp³-hybridized carbons (Fsp3) is 0.278. The van der Waals surface area contributed by atoms with E-state index in [0.717, 1.165) is 18.6 Å². The molecule has 0 spiro atoms. The van der Waals surface area contributed by atoms with Gasteiger partial charge < -0.3 is 15.2 Å². The average Bonchev–Trinajstić information content (AvgIpc) is 2.58. The molecule has 0 atom stereocenters. The maximum atomic E-state index is 12.5. The summed E-state index contributed by atoms with van der Waals surface area (Å²) in [6, 6.07) is 14.3. The third-order valence-electron chi connectivity index (χ3n) is 3.39. The topological polar surface area (TPSA) is 64.8 Å². The molecule has 0 aliphatic carbocycles. The van der Waals surface area contributed by atoms with Gasteiger partial charge in [0.2, 0.25) is 0 Å². The molecule has 2 rings (SSSR count). The number of hydrogen-bond donors (Lipinski definition) is 1. The molecular weight excluding hydrogens is 292 g/mol. The number of amides is 1. The first-order valence-electron chi connectivity index (χ1n) is 7.62. The summed E-state index contributed by atoms with van der Waals surface area (Å²) < 4.78 is 10.5. The van der Waals surface area contributed by atoms with Crippen molar-refractivity contribution in [2.24, 2.45) is 0 Å². The Bertz CT molecular complexity index is 624. The van der Waals surface area contributed by atoms with Gasteiger partial charge in [-0.1, -0.05) is 13.3 Å². The number of methoxy groups -OCH3 is 1. The molecule has 0 radical (unpaired) electrons. The lowest BCUT2D eigenvalue weighted by molar-refractivity contribution is 0.155. The van der Waals surface area contributed by atoms with Crippen molar-refractivity contribution in [3.05, 3.63) is 48.5 Å². The van der Waals surface area contributed by atoms with Gasteiger partial charge in [0.15, 0.2) is 0 Å². The summed E-state index contributed by atoms with van der Waals surface area (Å²) in [5, 5.41) is 0. The minimum atomic E-state index is -0.409. The van der Waals surface area contributed by atoms with Crippen molar-refractivity contribution in [1.82, 2.24) is 0 Å². The second-order valence-corrected chi connectivity index (χ2v) is 5.09. The van der Waals surface area contributed by atoms with E-state index in [0.29, 0.717) is 23.7 Å². The number of unbranched alkanes of at least 4 members (excludes halogenated alkanes) is 1. The van der Waals surface area contributed by atoms with Gasteiger partial charge in [0.1, 0.15) is 5.75 Å². The zero-order valence-corrected chi connectivity index (χ0v) is 13.5. The highest BCUT2D eigenvalue weighted by molar-refractivity contribution is 5.96. The Morgan fingerprint density at radius 3 is 2.13 bits per heavy atom. The van der Waals surface area contributed by atoms with Gasteiger partial charge in [-0.3, -0.25) is 0 Å². The average molecular weight is 314 g/mol. The minimum absolute atomic E-state index is 0.400. The Hall–Kier alpha value is -2.69. The molecule has 122 valence electrons. The third-order valence-corrected chi connectivity index (χ3v) is 3.39. The molecule has 0 aliphatic rings. The number of hydrogen-bond acceptors (Lipinski definition) is 4. The molecule has 0 aliphatic heterocycles. The summed E-state index contributed by atoms with van der Waals surface area (Å²) in [6.45, 7) is 2.45. The molecule has 0 saturated heterocycles. The van der Waals surface area contributed by atoms with Crippen molar-refractivity contribution < 1.29 is 14.3 Å². The van der Waals surface area contributed by atoms with Crippen LogP contribution in [0.5, 0.6) is 5.75 Å². The monoisotopic (exact) mass is 314 g/mol. The summed E-state index contributed by atoms with van der Waals surface area (Å²) in [5.74, 6) is 0.727. The van der Waals surface area contributed by atoms with Crippen molar-refractivity contribution in [3.63, 3.8) is 0 Å². The number of nitrogen functional groups attached to an aromatic ring is 1. The number of carbonyl (C=O) groups is 1. The summed E-state index contributed by atoms with van der Waals surface area (Å²) in [6.07, 6.45) is 1.40. The van der Waals surface area contributed by atoms with Crippen molar-refractivity contribution in [2.75, 3.05) is 24.4 Å². The molecule has 2 aromatic rings. The highest BCUT2D eigenvalue weighted by atomic mass is 16.6. The fourth-order valence-corrected chi connectivity index (χ4v) is 2.08. The van der Waals surface area contributed by atoms with Gasteiger partial charge in [-0.2, -0.15) is 0 Å². The molecular formula is C18H22N2O3. The largest absolute Gasteiger partial charge is 0.497 e. The molecule has 5 nitrogen and oxygen atoms in total. The predicted octanol–water partition coefficient (Wildman–Crippen LogP) is 4.35. The molecule has 0 bridgehead atoms. The van der Waals surface area contributed by atoms with Gasteiger partial charge in [0.05, 0.1) is 25.1 Å². The van der Waals surface area contributed by atoms with E-state index >= 15 is 0 Å². The molecule has 1 amide bonds. The first-order valence-corrected chi connectivity index (χ1v) is 7.62. The highest BCUT2D eigenvalue weighted by Crippen LogP contribution is 2.28. The van der Waals surface area contributed by atoms with Crippen LogP contribution in [-0.4, -0.2) is 19.8 Å². The molecule has 0 saturated carbocycles. The lowest BCUT2D eigenvalue weighted by Crippen LogP contribution is -2.27. The first-order chi connectivity index (χ1) is 11.2. The van der Waals surface area contributed by atoms with E-state index in [-0.39, 0.29) is 0 Å². The second kappa shape index (κ2) is 8.08. The zero-order valence-electron chi connectivity index (χ0n) is 13.5. The Morgan fingerprint density at radius 2 is 1.61 bits per heavy atom. The van der Waals surface area contributed by atoms with Gasteiger partial charge >= 0.3 is 6.09 Å². The van der Waals surface area contributed by atoms with Crippen LogP contribution in [0.25, 0.3) is 0 Å². The van der Waals surface area contributed by atoms with Gasteiger partial charge in [0.25, 0.3) is 0 Å².